The van der Waals surface area contributed by atoms with Crippen molar-refractivity contribution in [1.29, 1.82) is 0 Å². The van der Waals surface area contributed by atoms with Crippen LogP contribution in [0.25, 0.3) is 0 Å². The molecule has 0 radical (unpaired) electrons. The van der Waals surface area contributed by atoms with Crippen LogP contribution in [0.4, 0.5) is 5.69 Å². The second-order valence-corrected chi connectivity index (χ2v) is 4.14. The van der Waals surface area contributed by atoms with Gasteiger partial charge >= 0.3 is 5.69 Å². The van der Waals surface area contributed by atoms with Crippen molar-refractivity contribution < 1.29 is 9.72 Å². The molecule has 1 aromatic heterocycles. The standard InChI is InChI=1S/C10H15N5O3.ClH/c16-10(13-4-1-2-11-3-5-13)8-14-7-9(6-12-14)15(17)18;/h6-7,11H,1-5,8H2;1H. The minimum absolute atomic E-state index is 0. The average Bonchev–Trinajstić information content (AvgIpc) is 2.64. The van der Waals surface area contributed by atoms with Gasteiger partial charge in [-0.25, -0.2) is 0 Å². The summed E-state index contributed by atoms with van der Waals surface area (Å²) in [7, 11) is 0. The summed E-state index contributed by atoms with van der Waals surface area (Å²) < 4.78 is 1.30. The third-order valence-corrected chi connectivity index (χ3v) is 2.82. The van der Waals surface area contributed by atoms with E-state index in [9.17, 15) is 14.9 Å². The van der Waals surface area contributed by atoms with Crippen LogP contribution in [0, 0.1) is 10.1 Å². The molecule has 1 saturated heterocycles. The fourth-order valence-corrected chi connectivity index (χ4v) is 1.87. The highest BCUT2D eigenvalue weighted by Gasteiger charge is 2.17. The Balaban J connectivity index is 0.00000180. The van der Waals surface area contributed by atoms with E-state index in [-0.39, 0.29) is 30.5 Å². The Morgan fingerprint density at radius 1 is 1.47 bits per heavy atom. The van der Waals surface area contributed by atoms with Crippen LogP contribution in [0.5, 0.6) is 0 Å². The van der Waals surface area contributed by atoms with Crippen molar-refractivity contribution in [2.45, 2.75) is 13.0 Å². The average molecular weight is 290 g/mol. The Labute approximate surface area is 116 Å². The van der Waals surface area contributed by atoms with E-state index in [1.54, 1.807) is 4.90 Å². The molecule has 0 aromatic carbocycles. The number of nitro groups is 1. The molecule has 1 N–H and O–H groups in total. The molecule has 0 aliphatic carbocycles. The van der Waals surface area contributed by atoms with E-state index in [2.05, 4.69) is 10.4 Å². The smallest absolute Gasteiger partial charge is 0.307 e. The zero-order valence-electron chi connectivity index (χ0n) is 10.3. The summed E-state index contributed by atoms with van der Waals surface area (Å²) in [5.41, 5.74) is -0.0969. The molecule has 106 valence electrons. The quantitative estimate of drug-likeness (QED) is 0.626. The van der Waals surface area contributed by atoms with E-state index in [0.717, 1.165) is 32.3 Å². The molecule has 8 nitrogen and oxygen atoms in total. The highest BCUT2D eigenvalue weighted by Crippen LogP contribution is 2.08. The van der Waals surface area contributed by atoms with Gasteiger partial charge in [0.15, 0.2) is 0 Å². The highest BCUT2D eigenvalue weighted by atomic mass is 35.5. The zero-order valence-corrected chi connectivity index (χ0v) is 11.1. The molecule has 0 unspecified atom stereocenters. The third kappa shape index (κ3) is 4.18. The molecule has 1 aromatic rings. The SMILES string of the molecule is Cl.O=C(Cn1cc([N+](=O)[O-])cn1)N1CCCNCC1. The first kappa shape index (κ1) is 15.4. The number of nitrogens with zero attached hydrogens (tertiary/aromatic N) is 4. The number of aromatic nitrogens is 2. The molecular weight excluding hydrogens is 274 g/mol. The van der Waals surface area contributed by atoms with Gasteiger partial charge in [0.2, 0.25) is 5.91 Å². The second kappa shape index (κ2) is 7.05. The Morgan fingerprint density at radius 2 is 2.26 bits per heavy atom. The number of nitrogens with one attached hydrogen (secondary N) is 1. The molecule has 9 heteroatoms. The molecule has 1 aliphatic heterocycles. The molecule has 0 atom stereocenters. The van der Waals surface area contributed by atoms with Crippen molar-refractivity contribution in [3.8, 4) is 0 Å². The van der Waals surface area contributed by atoms with E-state index >= 15 is 0 Å². The van der Waals surface area contributed by atoms with Gasteiger partial charge in [-0.1, -0.05) is 0 Å². The predicted molar refractivity (Wildman–Crippen MR) is 70.2 cm³/mol. The molecular formula is C10H16ClN5O3. The first-order chi connectivity index (χ1) is 8.66. The normalized spacial score (nSPS) is 15.5. The largest absolute Gasteiger partial charge is 0.340 e. The van der Waals surface area contributed by atoms with Crippen LogP contribution >= 0.6 is 12.4 Å². The summed E-state index contributed by atoms with van der Waals surface area (Å²) in [5, 5.41) is 17.5. The van der Waals surface area contributed by atoms with Crippen molar-refractivity contribution in [2.75, 3.05) is 26.2 Å². The van der Waals surface area contributed by atoms with E-state index in [4.69, 9.17) is 0 Å². The maximum atomic E-state index is 12.0. The van der Waals surface area contributed by atoms with Crippen molar-refractivity contribution in [2.24, 2.45) is 0 Å². The number of halogens is 1. The lowest BCUT2D eigenvalue weighted by atomic mass is 10.4. The van der Waals surface area contributed by atoms with Gasteiger partial charge in [-0.05, 0) is 13.0 Å². The number of amides is 1. The molecule has 2 rings (SSSR count). The van der Waals surface area contributed by atoms with Gasteiger partial charge in [0.25, 0.3) is 0 Å². The lowest BCUT2D eigenvalue weighted by Crippen LogP contribution is -2.36. The Morgan fingerprint density at radius 3 is 2.95 bits per heavy atom. The van der Waals surface area contributed by atoms with Crippen LogP contribution in [0.2, 0.25) is 0 Å². The van der Waals surface area contributed by atoms with Crippen LogP contribution in [0.3, 0.4) is 0 Å². The monoisotopic (exact) mass is 289 g/mol. The number of rotatable bonds is 3. The summed E-state index contributed by atoms with van der Waals surface area (Å²) in [6.45, 7) is 3.13. The molecule has 2 heterocycles. The van der Waals surface area contributed by atoms with Crippen molar-refractivity contribution in [3.05, 3.63) is 22.5 Å². The Bertz CT molecular complexity index is 442. The maximum Gasteiger partial charge on any atom is 0.307 e. The molecule has 0 bridgehead atoms. The Kier molecular flexibility index (Phi) is 5.71. The molecule has 0 saturated carbocycles. The number of hydrogen-bond acceptors (Lipinski definition) is 5. The fraction of sp³-hybridized carbons (Fsp3) is 0.600. The molecule has 1 amide bonds. The number of carbonyl (C=O) groups excluding carboxylic acids is 1. The van der Waals surface area contributed by atoms with Crippen LogP contribution in [0.15, 0.2) is 12.4 Å². The minimum Gasteiger partial charge on any atom is -0.340 e. The van der Waals surface area contributed by atoms with Gasteiger partial charge in [0.05, 0.1) is 4.92 Å². The van der Waals surface area contributed by atoms with Gasteiger partial charge < -0.3 is 10.2 Å². The Hall–Kier alpha value is -1.67. The third-order valence-electron chi connectivity index (χ3n) is 2.82. The van der Waals surface area contributed by atoms with E-state index in [0.29, 0.717) is 6.54 Å². The summed E-state index contributed by atoms with van der Waals surface area (Å²) in [4.78, 5) is 23.7. The highest BCUT2D eigenvalue weighted by molar-refractivity contribution is 5.85. The van der Waals surface area contributed by atoms with E-state index in [1.807, 2.05) is 0 Å². The topological polar surface area (TPSA) is 93.3 Å². The van der Waals surface area contributed by atoms with Gasteiger partial charge in [0.1, 0.15) is 18.9 Å². The summed E-state index contributed by atoms with van der Waals surface area (Å²) in [5.74, 6) is -0.0586. The molecule has 1 aliphatic rings. The molecule has 1 fully saturated rings. The summed E-state index contributed by atoms with van der Waals surface area (Å²) in [6.07, 6.45) is 3.34. The predicted octanol–water partition coefficient (Wildman–Crippen LogP) is 0.0350. The van der Waals surface area contributed by atoms with Gasteiger partial charge in [-0.3, -0.25) is 19.6 Å². The number of hydrogen-bond donors (Lipinski definition) is 1. The lowest BCUT2D eigenvalue weighted by Gasteiger charge is -2.19. The maximum absolute atomic E-state index is 12.0. The van der Waals surface area contributed by atoms with E-state index < -0.39 is 4.92 Å². The molecule has 19 heavy (non-hydrogen) atoms. The minimum atomic E-state index is -0.524. The van der Waals surface area contributed by atoms with Crippen LogP contribution in [-0.4, -0.2) is 51.7 Å². The van der Waals surface area contributed by atoms with Crippen LogP contribution in [-0.2, 0) is 11.3 Å². The van der Waals surface area contributed by atoms with Gasteiger partial charge in [0, 0.05) is 19.6 Å². The number of carbonyl (C=O) groups is 1. The van der Waals surface area contributed by atoms with Crippen molar-refractivity contribution in [1.82, 2.24) is 20.0 Å². The summed E-state index contributed by atoms with van der Waals surface area (Å²) in [6, 6.07) is 0. The van der Waals surface area contributed by atoms with Crippen molar-refractivity contribution >= 4 is 24.0 Å². The lowest BCUT2D eigenvalue weighted by molar-refractivity contribution is -0.385. The van der Waals surface area contributed by atoms with Crippen molar-refractivity contribution in [3.63, 3.8) is 0 Å². The van der Waals surface area contributed by atoms with Gasteiger partial charge in [-0.2, -0.15) is 5.10 Å². The first-order valence-electron chi connectivity index (χ1n) is 5.82. The zero-order chi connectivity index (χ0) is 13.0. The summed E-state index contributed by atoms with van der Waals surface area (Å²) >= 11 is 0. The molecule has 0 spiro atoms. The second-order valence-electron chi connectivity index (χ2n) is 4.14. The van der Waals surface area contributed by atoms with Gasteiger partial charge in [-0.15, -0.1) is 12.4 Å². The van der Waals surface area contributed by atoms with Crippen LogP contribution < -0.4 is 5.32 Å². The fourth-order valence-electron chi connectivity index (χ4n) is 1.87. The first-order valence-corrected chi connectivity index (χ1v) is 5.82. The van der Waals surface area contributed by atoms with Crippen LogP contribution in [0.1, 0.15) is 6.42 Å². The van der Waals surface area contributed by atoms with E-state index in [1.165, 1.54) is 10.9 Å².